The summed E-state index contributed by atoms with van der Waals surface area (Å²) in [7, 11) is 0. The molecule has 0 spiro atoms. The lowest BCUT2D eigenvalue weighted by molar-refractivity contribution is 0.176. The Kier molecular flexibility index (Phi) is 6.03. The molecule has 3 atom stereocenters. The molecule has 2 nitrogen and oxygen atoms in total. The van der Waals surface area contributed by atoms with Gasteiger partial charge in [-0.3, -0.25) is 4.98 Å². The summed E-state index contributed by atoms with van der Waals surface area (Å²) in [5, 5.41) is 3.76. The van der Waals surface area contributed by atoms with Crippen LogP contribution in [0.5, 0.6) is 0 Å². The fourth-order valence-electron chi connectivity index (χ4n) is 3.74. The van der Waals surface area contributed by atoms with Gasteiger partial charge in [0.2, 0.25) is 0 Å². The maximum atomic E-state index is 4.36. The van der Waals surface area contributed by atoms with Gasteiger partial charge in [-0.25, -0.2) is 0 Å². The molecule has 3 heteroatoms. The van der Waals surface area contributed by atoms with Gasteiger partial charge in [-0.2, -0.15) is 0 Å². The van der Waals surface area contributed by atoms with Crippen molar-refractivity contribution in [1.29, 1.82) is 0 Å². The Balaban J connectivity index is 2.18. The van der Waals surface area contributed by atoms with Crippen LogP contribution in [0.15, 0.2) is 22.9 Å². The Morgan fingerprint density at radius 1 is 1.25 bits per heavy atom. The molecule has 0 amide bonds. The molecule has 0 bridgehead atoms. The van der Waals surface area contributed by atoms with Crippen molar-refractivity contribution in [3.8, 4) is 0 Å². The minimum Gasteiger partial charge on any atom is -0.310 e. The Morgan fingerprint density at radius 2 is 1.95 bits per heavy atom. The summed E-state index contributed by atoms with van der Waals surface area (Å²) < 4.78 is 1.08. The quantitative estimate of drug-likeness (QED) is 0.820. The molecule has 20 heavy (non-hydrogen) atoms. The normalized spacial score (nSPS) is 28.3. The second-order valence-corrected chi connectivity index (χ2v) is 7.46. The molecule has 1 fully saturated rings. The smallest absolute Gasteiger partial charge is 0.0410 e. The maximum absolute atomic E-state index is 4.36. The van der Waals surface area contributed by atoms with Crippen LogP contribution in [0.4, 0.5) is 0 Å². The van der Waals surface area contributed by atoms with Gasteiger partial charge < -0.3 is 5.32 Å². The zero-order valence-corrected chi connectivity index (χ0v) is 14.5. The minimum atomic E-state index is 0.449. The summed E-state index contributed by atoms with van der Waals surface area (Å²) >= 11 is 3.56. The molecule has 0 radical (unpaired) electrons. The topological polar surface area (TPSA) is 24.9 Å². The van der Waals surface area contributed by atoms with E-state index in [4.69, 9.17) is 0 Å². The van der Waals surface area contributed by atoms with Gasteiger partial charge in [0.25, 0.3) is 0 Å². The first-order chi connectivity index (χ1) is 9.60. The van der Waals surface area contributed by atoms with Crippen molar-refractivity contribution in [2.24, 2.45) is 17.8 Å². The van der Waals surface area contributed by atoms with E-state index >= 15 is 0 Å². The van der Waals surface area contributed by atoms with Crippen molar-refractivity contribution in [1.82, 2.24) is 10.3 Å². The largest absolute Gasteiger partial charge is 0.310 e. The number of hydrogen-bond acceptors (Lipinski definition) is 2. The standard InChI is InChI=1S/C17H27BrN2/c1-4-5-20-17(15-9-16(18)11-19-10-15)14-7-12(2)6-13(3)8-14/h9-14,17,20H,4-8H2,1-3H3. The van der Waals surface area contributed by atoms with Crippen LogP contribution in [-0.4, -0.2) is 11.5 Å². The van der Waals surface area contributed by atoms with Gasteiger partial charge in [-0.15, -0.1) is 0 Å². The number of nitrogens with zero attached hydrogens (tertiary/aromatic N) is 1. The summed E-state index contributed by atoms with van der Waals surface area (Å²) in [5.74, 6) is 2.42. The van der Waals surface area contributed by atoms with Gasteiger partial charge in [0.15, 0.2) is 0 Å². The molecule has 2 rings (SSSR count). The maximum Gasteiger partial charge on any atom is 0.0410 e. The first-order valence-corrected chi connectivity index (χ1v) is 8.73. The third kappa shape index (κ3) is 4.29. The second kappa shape index (κ2) is 7.56. The average Bonchev–Trinajstić information content (AvgIpc) is 2.38. The van der Waals surface area contributed by atoms with Crippen molar-refractivity contribution in [2.75, 3.05) is 6.54 Å². The van der Waals surface area contributed by atoms with Crippen LogP contribution in [0.3, 0.4) is 0 Å². The van der Waals surface area contributed by atoms with E-state index in [9.17, 15) is 0 Å². The summed E-state index contributed by atoms with van der Waals surface area (Å²) in [6, 6.07) is 2.68. The van der Waals surface area contributed by atoms with Crippen LogP contribution in [0, 0.1) is 17.8 Å². The van der Waals surface area contributed by atoms with E-state index in [1.54, 1.807) is 0 Å². The van der Waals surface area contributed by atoms with Crippen molar-refractivity contribution in [2.45, 2.75) is 52.5 Å². The number of rotatable bonds is 5. The first-order valence-electron chi connectivity index (χ1n) is 7.94. The fraction of sp³-hybridized carbons (Fsp3) is 0.706. The predicted octanol–water partition coefficient (Wildman–Crippen LogP) is 4.96. The molecule has 0 saturated heterocycles. The summed E-state index contributed by atoms with van der Waals surface area (Å²) in [5.41, 5.74) is 1.33. The van der Waals surface area contributed by atoms with Crippen LogP contribution in [0.1, 0.15) is 58.1 Å². The van der Waals surface area contributed by atoms with Gasteiger partial charge in [0, 0.05) is 22.9 Å². The highest BCUT2D eigenvalue weighted by molar-refractivity contribution is 9.10. The highest BCUT2D eigenvalue weighted by Gasteiger charge is 2.30. The third-order valence-electron chi connectivity index (χ3n) is 4.39. The van der Waals surface area contributed by atoms with Crippen LogP contribution < -0.4 is 5.32 Å². The molecule has 1 aliphatic carbocycles. The Hall–Kier alpha value is -0.410. The van der Waals surface area contributed by atoms with E-state index in [-0.39, 0.29) is 0 Å². The lowest BCUT2D eigenvalue weighted by atomic mass is 9.72. The number of nitrogens with one attached hydrogen (secondary N) is 1. The van der Waals surface area contributed by atoms with Gasteiger partial charge in [-0.1, -0.05) is 20.8 Å². The molecule has 1 heterocycles. The molecule has 1 N–H and O–H groups in total. The van der Waals surface area contributed by atoms with Gasteiger partial charge in [0.05, 0.1) is 0 Å². The Labute approximate surface area is 131 Å². The summed E-state index contributed by atoms with van der Waals surface area (Å²) in [4.78, 5) is 4.36. The molecular formula is C17H27BrN2. The monoisotopic (exact) mass is 338 g/mol. The highest BCUT2D eigenvalue weighted by Crippen LogP contribution is 2.40. The molecule has 1 saturated carbocycles. The third-order valence-corrected chi connectivity index (χ3v) is 4.82. The van der Waals surface area contributed by atoms with Crippen molar-refractivity contribution < 1.29 is 0 Å². The SMILES string of the molecule is CCCNC(c1cncc(Br)c1)C1CC(C)CC(C)C1. The number of aromatic nitrogens is 1. The lowest BCUT2D eigenvalue weighted by Gasteiger charge is -2.37. The molecule has 1 aliphatic rings. The van der Waals surface area contributed by atoms with E-state index in [1.165, 1.54) is 31.2 Å². The highest BCUT2D eigenvalue weighted by atomic mass is 79.9. The van der Waals surface area contributed by atoms with E-state index in [1.807, 2.05) is 12.4 Å². The average molecular weight is 339 g/mol. The van der Waals surface area contributed by atoms with Crippen molar-refractivity contribution in [3.05, 3.63) is 28.5 Å². The number of hydrogen-bond donors (Lipinski definition) is 1. The van der Waals surface area contributed by atoms with Crippen molar-refractivity contribution >= 4 is 15.9 Å². The first kappa shape index (κ1) is 16.0. The van der Waals surface area contributed by atoms with Crippen LogP contribution >= 0.6 is 15.9 Å². The van der Waals surface area contributed by atoms with Crippen molar-refractivity contribution in [3.63, 3.8) is 0 Å². The molecule has 3 unspecified atom stereocenters. The fourth-order valence-corrected chi connectivity index (χ4v) is 4.12. The Bertz CT molecular complexity index is 411. The zero-order valence-electron chi connectivity index (χ0n) is 12.9. The van der Waals surface area contributed by atoms with E-state index < -0.39 is 0 Å². The van der Waals surface area contributed by atoms with Gasteiger partial charge in [-0.05, 0) is 77.5 Å². The van der Waals surface area contributed by atoms with E-state index in [0.29, 0.717) is 6.04 Å². The number of pyridine rings is 1. The predicted molar refractivity (Wildman–Crippen MR) is 88.6 cm³/mol. The molecule has 0 aliphatic heterocycles. The minimum absolute atomic E-state index is 0.449. The van der Waals surface area contributed by atoms with E-state index in [0.717, 1.165) is 28.8 Å². The van der Waals surface area contributed by atoms with E-state index in [2.05, 4.69) is 53.1 Å². The molecule has 0 aromatic carbocycles. The molecular weight excluding hydrogens is 312 g/mol. The van der Waals surface area contributed by atoms with Gasteiger partial charge in [0.1, 0.15) is 0 Å². The second-order valence-electron chi connectivity index (χ2n) is 6.55. The van der Waals surface area contributed by atoms with Gasteiger partial charge >= 0.3 is 0 Å². The van der Waals surface area contributed by atoms with Crippen LogP contribution in [-0.2, 0) is 0 Å². The molecule has 1 aromatic heterocycles. The van der Waals surface area contributed by atoms with Crippen LogP contribution in [0.2, 0.25) is 0 Å². The van der Waals surface area contributed by atoms with Crippen LogP contribution in [0.25, 0.3) is 0 Å². The summed E-state index contributed by atoms with van der Waals surface area (Å²) in [6.07, 6.45) is 9.12. The number of halogens is 1. The molecule has 1 aromatic rings. The summed E-state index contributed by atoms with van der Waals surface area (Å²) in [6.45, 7) is 8.11. The molecule has 112 valence electrons. The zero-order chi connectivity index (χ0) is 14.5. The lowest BCUT2D eigenvalue weighted by Crippen LogP contribution is -2.33. The Morgan fingerprint density at radius 3 is 2.55 bits per heavy atom.